The molecule has 2 aromatic rings. The standard InChI is InChI=1S/C9H9BrN2O/c1-5-3-4-6(13-2)8-7(5)9(10)12-11-8/h3-4H,1-2H3,(H,11,12). The van der Waals surface area contributed by atoms with Crippen LogP contribution in [0.1, 0.15) is 5.56 Å². The molecule has 0 unspecified atom stereocenters. The Morgan fingerprint density at radius 1 is 1.46 bits per heavy atom. The number of hydrogen-bond donors (Lipinski definition) is 1. The molecule has 0 aliphatic carbocycles. The van der Waals surface area contributed by atoms with Crippen LogP contribution in [0.25, 0.3) is 10.9 Å². The Hall–Kier alpha value is -1.03. The van der Waals surface area contributed by atoms with E-state index < -0.39 is 0 Å². The number of halogens is 1. The molecular weight excluding hydrogens is 232 g/mol. The van der Waals surface area contributed by atoms with Crippen molar-refractivity contribution in [1.82, 2.24) is 10.2 Å². The Labute approximate surface area is 84.2 Å². The second-order valence-corrected chi connectivity index (χ2v) is 3.64. The minimum Gasteiger partial charge on any atom is -0.494 e. The third kappa shape index (κ3) is 1.21. The molecule has 68 valence electrons. The van der Waals surface area contributed by atoms with Crippen molar-refractivity contribution < 1.29 is 4.74 Å². The summed E-state index contributed by atoms with van der Waals surface area (Å²) in [5, 5.41) is 8.11. The molecule has 2 rings (SSSR count). The summed E-state index contributed by atoms with van der Waals surface area (Å²) in [5.74, 6) is 0.794. The topological polar surface area (TPSA) is 37.9 Å². The molecule has 0 bridgehead atoms. The number of H-pyrrole nitrogens is 1. The van der Waals surface area contributed by atoms with Crippen molar-refractivity contribution in [1.29, 1.82) is 0 Å². The Balaban J connectivity index is 2.87. The second-order valence-electron chi connectivity index (χ2n) is 2.85. The first-order valence-corrected chi connectivity index (χ1v) is 4.70. The van der Waals surface area contributed by atoms with Crippen molar-refractivity contribution in [2.45, 2.75) is 6.92 Å². The minimum absolute atomic E-state index is 0.794. The van der Waals surface area contributed by atoms with Gasteiger partial charge in [-0.15, -0.1) is 0 Å². The van der Waals surface area contributed by atoms with E-state index in [-0.39, 0.29) is 0 Å². The van der Waals surface area contributed by atoms with Gasteiger partial charge in [-0.3, -0.25) is 5.10 Å². The smallest absolute Gasteiger partial charge is 0.147 e. The average Bonchev–Trinajstić information content (AvgIpc) is 2.50. The van der Waals surface area contributed by atoms with Crippen molar-refractivity contribution in [2.24, 2.45) is 0 Å². The fourth-order valence-electron chi connectivity index (χ4n) is 1.39. The maximum Gasteiger partial charge on any atom is 0.147 e. The normalized spacial score (nSPS) is 10.7. The molecular formula is C9H9BrN2O. The number of hydrogen-bond acceptors (Lipinski definition) is 2. The Morgan fingerprint density at radius 2 is 2.23 bits per heavy atom. The summed E-state index contributed by atoms with van der Waals surface area (Å²) in [4.78, 5) is 0. The summed E-state index contributed by atoms with van der Waals surface area (Å²) >= 11 is 3.41. The van der Waals surface area contributed by atoms with Gasteiger partial charge in [0.05, 0.1) is 7.11 Å². The number of aryl methyl sites for hydroxylation is 1. The van der Waals surface area contributed by atoms with Crippen LogP contribution in [0.5, 0.6) is 5.75 Å². The zero-order valence-corrected chi connectivity index (χ0v) is 8.97. The van der Waals surface area contributed by atoms with E-state index in [2.05, 4.69) is 26.1 Å². The molecule has 0 spiro atoms. The maximum absolute atomic E-state index is 5.19. The third-order valence-corrected chi connectivity index (χ3v) is 2.63. The Bertz CT molecular complexity index is 450. The largest absolute Gasteiger partial charge is 0.494 e. The van der Waals surface area contributed by atoms with Gasteiger partial charge < -0.3 is 4.74 Å². The van der Waals surface area contributed by atoms with E-state index in [4.69, 9.17) is 4.74 Å². The molecule has 0 saturated heterocycles. The van der Waals surface area contributed by atoms with Crippen molar-refractivity contribution in [3.63, 3.8) is 0 Å². The van der Waals surface area contributed by atoms with Crippen LogP contribution in [0.4, 0.5) is 0 Å². The molecule has 0 atom stereocenters. The Kier molecular flexibility index (Phi) is 2.00. The summed E-state index contributed by atoms with van der Waals surface area (Å²) in [7, 11) is 1.65. The summed E-state index contributed by atoms with van der Waals surface area (Å²) in [6.07, 6.45) is 0. The van der Waals surface area contributed by atoms with E-state index in [1.807, 2.05) is 19.1 Å². The molecule has 1 aromatic carbocycles. The van der Waals surface area contributed by atoms with Crippen LogP contribution in [0.15, 0.2) is 16.7 Å². The van der Waals surface area contributed by atoms with E-state index in [9.17, 15) is 0 Å². The van der Waals surface area contributed by atoms with E-state index in [1.54, 1.807) is 7.11 Å². The fourth-order valence-corrected chi connectivity index (χ4v) is 1.98. The molecule has 3 nitrogen and oxygen atoms in total. The van der Waals surface area contributed by atoms with Crippen molar-refractivity contribution >= 4 is 26.8 Å². The van der Waals surface area contributed by atoms with Crippen LogP contribution in [-0.4, -0.2) is 17.3 Å². The fraction of sp³-hybridized carbons (Fsp3) is 0.222. The first-order valence-electron chi connectivity index (χ1n) is 3.91. The third-order valence-electron chi connectivity index (χ3n) is 2.05. The Morgan fingerprint density at radius 3 is 2.92 bits per heavy atom. The highest BCUT2D eigenvalue weighted by Crippen LogP contribution is 2.30. The number of rotatable bonds is 1. The van der Waals surface area contributed by atoms with Crippen LogP contribution >= 0.6 is 15.9 Å². The van der Waals surface area contributed by atoms with Gasteiger partial charge in [0.15, 0.2) is 0 Å². The molecule has 0 aliphatic heterocycles. The molecule has 0 aliphatic rings. The molecule has 1 heterocycles. The maximum atomic E-state index is 5.19. The lowest BCUT2D eigenvalue weighted by Crippen LogP contribution is -1.85. The summed E-state index contributed by atoms with van der Waals surface area (Å²) < 4.78 is 6.09. The van der Waals surface area contributed by atoms with Crippen LogP contribution in [-0.2, 0) is 0 Å². The highest BCUT2D eigenvalue weighted by atomic mass is 79.9. The quantitative estimate of drug-likeness (QED) is 0.833. The monoisotopic (exact) mass is 240 g/mol. The summed E-state index contributed by atoms with van der Waals surface area (Å²) in [6.45, 7) is 2.04. The molecule has 0 amide bonds. The highest BCUT2D eigenvalue weighted by Gasteiger charge is 2.09. The predicted molar refractivity (Wildman–Crippen MR) is 55.1 cm³/mol. The number of aromatic nitrogens is 2. The zero-order valence-electron chi connectivity index (χ0n) is 7.39. The van der Waals surface area contributed by atoms with E-state index in [0.717, 1.165) is 21.3 Å². The van der Waals surface area contributed by atoms with E-state index in [0.29, 0.717) is 0 Å². The summed E-state index contributed by atoms with van der Waals surface area (Å²) in [5.41, 5.74) is 2.05. The van der Waals surface area contributed by atoms with Gasteiger partial charge in [0.2, 0.25) is 0 Å². The lowest BCUT2D eigenvalue weighted by Gasteiger charge is -2.01. The van der Waals surface area contributed by atoms with Gasteiger partial charge in [-0.25, -0.2) is 0 Å². The number of nitrogens with one attached hydrogen (secondary N) is 1. The van der Waals surface area contributed by atoms with Crippen LogP contribution in [0.3, 0.4) is 0 Å². The number of aromatic amines is 1. The van der Waals surface area contributed by atoms with Gasteiger partial charge >= 0.3 is 0 Å². The number of nitrogens with zero attached hydrogens (tertiary/aromatic N) is 1. The highest BCUT2D eigenvalue weighted by molar-refractivity contribution is 9.10. The first-order chi connectivity index (χ1) is 6.24. The van der Waals surface area contributed by atoms with Gasteiger partial charge in [-0.2, -0.15) is 5.10 Å². The average molecular weight is 241 g/mol. The molecule has 1 aromatic heterocycles. The molecule has 0 radical (unpaired) electrons. The molecule has 0 fully saturated rings. The van der Waals surface area contributed by atoms with Gasteiger partial charge in [0, 0.05) is 5.39 Å². The molecule has 13 heavy (non-hydrogen) atoms. The number of ether oxygens (including phenoxy) is 1. The number of fused-ring (bicyclic) bond motifs is 1. The number of benzene rings is 1. The summed E-state index contributed by atoms with van der Waals surface area (Å²) in [6, 6.07) is 3.94. The van der Waals surface area contributed by atoms with Gasteiger partial charge in [-0.1, -0.05) is 6.07 Å². The van der Waals surface area contributed by atoms with Crippen molar-refractivity contribution in [3.05, 3.63) is 22.3 Å². The lowest BCUT2D eigenvalue weighted by atomic mass is 10.1. The lowest BCUT2D eigenvalue weighted by molar-refractivity contribution is 0.418. The van der Waals surface area contributed by atoms with E-state index in [1.165, 1.54) is 5.56 Å². The molecule has 4 heteroatoms. The van der Waals surface area contributed by atoms with E-state index >= 15 is 0 Å². The van der Waals surface area contributed by atoms with Crippen LogP contribution in [0.2, 0.25) is 0 Å². The van der Waals surface area contributed by atoms with Gasteiger partial charge in [0.25, 0.3) is 0 Å². The SMILES string of the molecule is COc1ccc(C)c2c(Br)[nH]nc12. The van der Waals surface area contributed by atoms with Crippen LogP contribution in [0, 0.1) is 6.92 Å². The second kappa shape index (κ2) is 3.03. The number of methoxy groups -OCH3 is 1. The predicted octanol–water partition coefficient (Wildman–Crippen LogP) is 2.64. The molecule has 0 saturated carbocycles. The minimum atomic E-state index is 0.794. The molecule has 1 N–H and O–H groups in total. The van der Waals surface area contributed by atoms with Crippen molar-refractivity contribution in [3.8, 4) is 5.75 Å². The van der Waals surface area contributed by atoms with Crippen LogP contribution < -0.4 is 4.74 Å². The van der Waals surface area contributed by atoms with Gasteiger partial charge in [0.1, 0.15) is 15.9 Å². The first kappa shape index (κ1) is 8.56. The van der Waals surface area contributed by atoms with Gasteiger partial charge in [-0.05, 0) is 34.5 Å². The zero-order chi connectivity index (χ0) is 9.42. The van der Waals surface area contributed by atoms with Crippen molar-refractivity contribution in [2.75, 3.05) is 7.11 Å².